The van der Waals surface area contributed by atoms with Crippen LogP contribution in [0.1, 0.15) is 158 Å². The SMILES string of the molecule is CCCCOCC(COCCCC)OCC(COCC(CN=[N+]=[N-])COCC(COC(COCCCC)COCCCC)COC(COCCCC)COCCCC)COC(COCCCC)COCCCC. The Balaban J connectivity index is 6.21. The smallest absolute Gasteiger partial charge is 0.104 e. The highest BCUT2D eigenvalue weighted by Gasteiger charge is 2.22. The van der Waals surface area contributed by atoms with Crippen molar-refractivity contribution < 1.29 is 66.3 Å². The third-order valence-corrected chi connectivity index (χ3v) is 11.7. The summed E-state index contributed by atoms with van der Waals surface area (Å²) < 4.78 is 87.1. The molecular weight excluding hydrogens is 939 g/mol. The first-order chi connectivity index (χ1) is 35.9. The Bertz CT molecular complexity index is 946. The maximum Gasteiger partial charge on any atom is 0.104 e. The molecule has 0 aliphatic heterocycles. The Labute approximate surface area is 446 Å². The number of hydrogen-bond acceptors (Lipinski definition) is 15. The zero-order chi connectivity index (χ0) is 53.3. The lowest BCUT2D eigenvalue weighted by Crippen LogP contribution is -2.35. The third kappa shape index (κ3) is 48.8. The van der Waals surface area contributed by atoms with E-state index in [1.54, 1.807) is 0 Å². The second-order valence-electron chi connectivity index (χ2n) is 19.3. The van der Waals surface area contributed by atoms with Crippen LogP contribution in [0.15, 0.2) is 5.11 Å². The normalized spacial score (nSPS) is 12.2. The standard InChI is InChI=1S/C56H113N3O14/c1-9-17-25-60-42-53(43-61-26-18-10-2)70-38-51(39-71-54(44-62-27-19-11-3)45-63-28-20-12-4)36-68-34-50(33-58-59-57)35-69-37-52(40-72-55(46-64-29-21-13-5)47-65-30-22-14-6)41-73-56(48-66-31-23-15-7)49-67-32-24-16-8/h50-56H,9-49H2,1-8H3. The molecule has 0 spiro atoms. The van der Waals surface area contributed by atoms with Crippen LogP contribution in [0.5, 0.6) is 0 Å². The monoisotopic (exact) mass is 1050 g/mol. The van der Waals surface area contributed by atoms with E-state index in [4.69, 9.17) is 66.3 Å². The molecule has 436 valence electrons. The number of unbranched alkanes of at least 4 members (excludes halogenated alkanes) is 8. The van der Waals surface area contributed by atoms with Gasteiger partial charge in [0.1, 0.15) is 24.4 Å². The van der Waals surface area contributed by atoms with Crippen molar-refractivity contribution in [2.24, 2.45) is 22.9 Å². The van der Waals surface area contributed by atoms with Gasteiger partial charge in [-0.2, -0.15) is 0 Å². The second kappa shape index (κ2) is 58.4. The van der Waals surface area contributed by atoms with E-state index in [0.717, 1.165) is 103 Å². The summed E-state index contributed by atoms with van der Waals surface area (Å²) in [6.07, 6.45) is 15.5. The molecule has 0 aromatic heterocycles. The van der Waals surface area contributed by atoms with Gasteiger partial charge in [0.2, 0.25) is 0 Å². The molecule has 17 nitrogen and oxygen atoms in total. The van der Waals surface area contributed by atoms with Gasteiger partial charge in [0.05, 0.1) is 106 Å². The Kier molecular flexibility index (Phi) is 57.4. The lowest BCUT2D eigenvalue weighted by atomic mass is 10.1. The van der Waals surface area contributed by atoms with Crippen molar-refractivity contribution in [3.05, 3.63) is 10.4 Å². The Hall–Kier alpha value is -1.25. The minimum Gasteiger partial charge on any atom is -0.381 e. The third-order valence-electron chi connectivity index (χ3n) is 11.7. The van der Waals surface area contributed by atoms with E-state index in [1.807, 2.05) is 0 Å². The van der Waals surface area contributed by atoms with Crippen molar-refractivity contribution in [2.45, 2.75) is 183 Å². The number of hydrogen-bond donors (Lipinski definition) is 0. The fraction of sp³-hybridized carbons (Fsp3) is 1.00. The minimum absolute atomic E-state index is 0.128. The van der Waals surface area contributed by atoms with Crippen LogP contribution in [0.2, 0.25) is 0 Å². The summed E-state index contributed by atoms with van der Waals surface area (Å²) in [5.74, 6) is -0.466. The van der Waals surface area contributed by atoms with Crippen LogP contribution in [-0.4, -0.2) is 190 Å². The van der Waals surface area contributed by atoms with Gasteiger partial charge in [0, 0.05) is 82.1 Å². The van der Waals surface area contributed by atoms with Gasteiger partial charge in [-0.05, 0) is 56.9 Å². The van der Waals surface area contributed by atoms with Crippen molar-refractivity contribution in [3.8, 4) is 0 Å². The van der Waals surface area contributed by atoms with Crippen molar-refractivity contribution >= 4 is 0 Å². The summed E-state index contributed by atoms with van der Waals surface area (Å²) in [4.78, 5) is 3.08. The zero-order valence-electron chi connectivity index (χ0n) is 48.1. The molecule has 0 saturated carbocycles. The number of azide groups is 1. The van der Waals surface area contributed by atoms with Gasteiger partial charge in [-0.3, -0.25) is 0 Å². The lowest BCUT2D eigenvalue weighted by Gasteiger charge is -2.26. The van der Waals surface area contributed by atoms with Gasteiger partial charge < -0.3 is 66.3 Å². The van der Waals surface area contributed by atoms with Crippen molar-refractivity contribution in [2.75, 3.05) is 165 Å². The quantitative estimate of drug-likeness (QED) is 0.0243. The van der Waals surface area contributed by atoms with Crippen LogP contribution in [0, 0.1) is 17.8 Å². The number of rotatable bonds is 62. The van der Waals surface area contributed by atoms with E-state index < -0.39 is 0 Å². The number of nitrogens with zero attached hydrogens (tertiary/aromatic N) is 3. The molecule has 0 atom stereocenters. The Morgan fingerprint density at radius 2 is 0.479 bits per heavy atom. The zero-order valence-corrected chi connectivity index (χ0v) is 48.1. The molecule has 0 aliphatic carbocycles. The fourth-order valence-electron chi connectivity index (χ4n) is 6.75. The summed E-state index contributed by atoms with van der Waals surface area (Å²) in [5.41, 5.74) is 9.39. The molecule has 0 heterocycles. The van der Waals surface area contributed by atoms with Gasteiger partial charge in [-0.1, -0.05) is 112 Å². The van der Waals surface area contributed by atoms with Gasteiger partial charge in [0.25, 0.3) is 0 Å². The highest BCUT2D eigenvalue weighted by Crippen LogP contribution is 2.13. The molecule has 0 rings (SSSR count). The first-order valence-electron chi connectivity index (χ1n) is 29.2. The van der Waals surface area contributed by atoms with Gasteiger partial charge in [-0.25, -0.2) is 0 Å². The molecule has 0 aliphatic rings. The van der Waals surface area contributed by atoms with Gasteiger partial charge in [-0.15, -0.1) is 0 Å². The average Bonchev–Trinajstić information content (AvgIpc) is 3.40. The first-order valence-corrected chi connectivity index (χ1v) is 29.2. The van der Waals surface area contributed by atoms with Gasteiger partial charge in [0.15, 0.2) is 0 Å². The predicted octanol–water partition coefficient (Wildman–Crippen LogP) is 11.3. The molecule has 0 unspecified atom stereocenters. The fourth-order valence-corrected chi connectivity index (χ4v) is 6.75. The molecule has 0 saturated heterocycles. The van der Waals surface area contributed by atoms with Crippen LogP contribution in [-0.2, 0) is 66.3 Å². The summed E-state index contributed by atoms with van der Waals surface area (Å²) in [6, 6.07) is 0. The predicted molar refractivity (Wildman–Crippen MR) is 291 cm³/mol. The molecule has 0 N–H and O–H groups in total. The van der Waals surface area contributed by atoms with E-state index in [0.29, 0.717) is 159 Å². The highest BCUT2D eigenvalue weighted by molar-refractivity contribution is 4.69. The molecule has 0 aromatic rings. The lowest BCUT2D eigenvalue weighted by molar-refractivity contribution is -0.111. The number of ether oxygens (including phenoxy) is 14. The summed E-state index contributed by atoms with van der Waals surface area (Å²) >= 11 is 0. The molecule has 0 radical (unpaired) electrons. The maximum absolute atomic E-state index is 9.39. The van der Waals surface area contributed by atoms with E-state index in [-0.39, 0.29) is 48.7 Å². The van der Waals surface area contributed by atoms with E-state index in [9.17, 15) is 5.53 Å². The molecular formula is C56H113N3O14. The largest absolute Gasteiger partial charge is 0.381 e. The van der Waals surface area contributed by atoms with Crippen molar-refractivity contribution in [1.29, 1.82) is 0 Å². The van der Waals surface area contributed by atoms with Crippen LogP contribution in [0.3, 0.4) is 0 Å². The van der Waals surface area contributed by atoms with Crippen LogP contribution >= 0.6 is 0 Å². The second-order valence-corrected chi connectivity index (χ2v) is 19.3. The molecule has 17 heteroatoms. The Morgan fingerprint density at radius 1 is 0.274 bits per heavy atom. The van der Waals surface area contributed by atoms with E-state index in [1.165, 1.54) is 0 Å². The molecule has 0 bridgehead atoms. The minimum atomic E-state index is -0.233. The average molecular weight is 1050 g/mol. The highest BCUT2D eigenvalue weighted by atomic mass is 16.6. The van der Waals surface area contributed by atoms with Crippen LogP contribution in [0.25, 0.3) is 10.4 Å². The van der Waals surface area contributed by atoms with Crippen LogP contribution < -0.4 is 0 Å². The summed E-state index contributed by atoms with van der Waals surface area (Å²) in [5, 5.41) is 3.95. The summed E-state index contributed by atoms with van der Waals surface area (Å²) in [6.45, 7) is 29.3. The van der Waals surface area contributed by atoms with Crippen LogP contribution in [0.4, 0.5) is 0 Å². The molecule has 73 heavy (non-hydrogen) atoms. The topological polar surface area (TPSA) is 178 Å². The Morgan fingerprint density at radius 3 is 0.671 bits per heavy atom. The van der Waals surface area contributed by atoms with Gasteiger partial charge >= 0.3 is 0 Å². The van der Waals surface area contributed by atoms with E-state index in [2.05, 4.69) is 65.4 Å². The molecule has 0 aromatic carbocycles. The summed E-state index contributed by atoms with van der Waals surface area (Å²) in [7, 11) is 0. The van der Waals surface area contributed by atoms with Crippen molar-refractivity contribution in [3.63, 3.8) is 0 Å². The first kappa shape index (κ1) is 71.8. The maximum atomic E-state index is 9.39. The van der Waals surface area contributed by atoms with E-state index >= 15 is 0 Å². The molecule has 0 fully saturated rings. The molecule has 0 amide bonds. The van der Waals surface area contributed by atoms with Crippen molar-refractivity contribution in [1.82, 2.24) is 0 Å².